The minimum atomic E-state index is -0.716. The quantitative estimate of drug-likeness (QED) is 0.452. The zero-order valence-corrected chi connectivity index (χ0v) is 22.1. The maximum atomic E-state index is 11.9. The van der Waals surface area contributed by atoms with Crippen molar-refractivity contribution in [3.8, 4) is 0 Å². The first kappa shape index (κ1) is 24.5. The standard InChI is InChI=1S/C29H50O4/c1-25(2)21-15-19(30)24-17(27(21,5)13-11-22(25)31)8-9-20-28(6)12-10-16(26(3,4)33)18(28)14-23(32)29(20,24)7/h16-24,30-33H,8-15H2,1-7H3/t16-,17-,18-,19-,20+,21-,22-,23-,24-,27+,28-,29-/m0/s1. The smallest absolute Gasteiger partial charge is 0.0622 e. The van der Waals surface area contributed by atoms with Crippen LogP contribution in [0, 0.1) is 57.2 Å². The molecule has 0 radical (unpaired) electrons. The minimum absolute atomic E-state index is 0.101. The van der Waals surface area contributed by atoms with Gasteiger partial charge in [-0.2, -0.15) is 0 Å². The van der Waals surface area contributed by atoms with Crippen molar-refractivity contribution < 1.29 is 20.4 Å². The zero-order valence-electron chi connectivity index (χ0n) is 22.1. The molecule has 12 atom stereocenters. The highest BCUT2D eigenvalue weighted by Gasteiger charge is 2.71. The molecule has 0 saturated heterocycles. The lowest BCUT2D eigenvalue weighted by molar-refractivity contribution is -0.269. The number of rotatable bonds is 1. The third-order valence-electron chi connectivity index (χ3n) is 13.1. The molecule has 5 rings (SSSR count). The Labute approximate surface area is 201 Å². The molecule has 0 bridgehead atoms. The molecule has 0 aliphatic heterocycles. The Morgan fingerprint density at radius 2 is 1.30 bits per heavy atom. The van der Waals surface area contributed by atoms with E-state index in [1.807, 2.05) is 13.8 Å². The van der Waals surface area contributed by atoms with E-state index in [2.05, 4.69) is 34.6 Å². The van der Waals surface area contributed by atoms with Gasteiger partial charge in [0.1, 0.15) is 0 Å². The Morgan fingerprint density at radius 3 is 1.94 bits per heavy atom. The van der Waals surface area contributed by atoms with Gasteiger partial charge in [0.15, 0.2) is 0 Å². The largest absolute Gasteiger partial charge is 0.393 e. The van der Waals surface area contributed by atoms with E-state index >= 15 is 0 Å². The highest BCUT2D eigenvalue weighted by molar-refractivity contribution is 5.19. The van der Waals surface area contributed by atoms with Crippen LogP contribution in [0.3, 0.4) is 0 Å². The summed E-state index contributed by atoms with van der Waals surface area (Å²) in [4.78, 5) is 0. The van der Waals surface area contributed by atoms with E-state index in [-0.39, 0.29) is 39.6 Å². The van der Waals surface area contributed by atoms with E-state index in [9.17, 15) is 20.4 Å². The second-order valence-corrected chi connectivity index (χ2v) is 15.0. The van der Waals surface area contributed by atoms with Crippen molar-refractivity contribution in [1.82, 2.24) is 0 Å². The van der Waals surface area contributed by atoms with Crippen LogP contribution >= 0.6 is 0 Å². The fourth-order valence-corrected chi connectivity index (χ4v) is 11.4. The summed E-state index contributed by atoms with van der Waals surface area (Å²) in [6.07, 6.45) is 6.56. The first-order valence-electron chi connectivity index (χ1n) is 13.9. The summed E-state index contributed by atoms with van der Waals surface area (Å²) in [5.74, 6) is 1.76. The van der Waals surface area contributed by atoms with Gasteiger partial charge in [-0.1, -0.05) is 34.6 Å². The lowest BCUT2D eigenvalue weighted by atomic mass is 9.35. The number of aliphatic hydroxyl groups excluding tert-OH is 3. The van der Waals surface area contributed by atoms with E-state index in [4.69, 9.17) is 0 Å². The Morgan fingerprint density at radius 1 is 0.697 bits per heavy atom. The molecule has 4 nitrogen and oxygen atoms in total. The van der Waals surface area contributed by atoms with Gasteiger partial charge < -0.3 is 20.4 Å². The second-order valence-electron chi connectivity index (χ2n) is 15.0. The molecule has 0 aromatic rings. The predicted octanol–water partition coefficient (Wildman–Crippen LogP) is 4.77. The fraction of sp³-hybridized carbons (Fsp3) is 1.00. The van der Waals surface area contributed by atoms with Crippen LogP contribution in [0.1, 0.15) is 99.8 Å². The number of aliphatic hydroxyl groups is 4. The third-order valence-corrected chi connectivity index (χ3v) is 13.1. The predicted molar refractivity (Wildman–Crippen MR) is 130 cm³/mol. The van der Waals surface area contributed by atoms with Crippen LogP contribution in [0.2, 0.25) is 0 Å². The van der Waals surface area contributed by atoms with Crippen molar-refractivity contribution >= 4 is 0 Å². The molecule has 33 heavy (non-hydrogen) atoms. The number of hydrogen-bond donors (Lipinski definition) is 4. The molecule has 5 aliphatic rings. The highest BCUT2D eigenvalue weighted by atomic mass is 16.3. The van der Waals surface area contributed by atoms with Gasteiger partial charge in [0.05, 0.1) is 23.9 Å². The van der Waals surface area contributed by atoms with E-state index in [1.165, 1.54) is 0 Å². The van der Waals surface area contributed by atoms with Crippen LogP contribution in [0.25, 0.3) is 0 Å². The molecule has 0 amide bonds. The SMILES string of the molecule is CC(C)(O)[C@H]1CC[C@]2(C)[C@H]3CC[C@H]4[C@@H]([C@@H](O)C[C@H]5C(C)(C)[C@@H](O)CC[C@]45C)[C@]3(C)[C@@H](O)C[C@@H]12. The van der Waals surface area contributed by atoms with Crippen molar-refractivity contribution in [2.75, 3.05) is 0 Å². The molecule has 5 fully saturated rings. The Kier molecular flexibility index (Phi) is 5.35. The van der Waals surface area contributed by atoms with Crippen molar-refractivity contribution in [3.05, 3.63) is 0 Å². The molecule has 0 aromatic heterocycles. The molecule has 190 valence electrons. The lowest BCUT2D eigenvalue weighted by Crippen LogP contribution is -2.69. The van der Waals surface area contributed by atoms with E-state index < -0.39 is 17.8 Å². The van der Waals surface area contributed by atoms with Gasteiger partial charge in [0, 0.05) is 5.41 Å². The molecule has 5 saturated carbocycles. The van der Waals surface area contributed by atoms with Crippen LogP contribution in [0.15, 0.2) is 0 Å². The monoisotopic (exact) mass is 462 g/mol. The summed E-state index contributed by atoms with van der Waals surface area (Å²) in [7, 11) is 0. The fourth-order valence-electron chi connectivity index (χ4n) is 11.4. The van der Waals surface area contributed by atoms with Gasteiger partial charge in [-0.25, -0.2) is 0 Å². The van der Waals surface area contributed by atoms with Crippen molar-refractivity contribution in [1.29, 1.82) is 0 Å². The maximum Gasteiger partial charge on any atom is 0.0622 e. The Bertz CT molecular complexity index is 787. The zero-order chi connectivity index (χ0) is 24.4. The van der Waals surface area contributed by atoms with Gasteiger partial charge in [-0.15, -0.1) is 0 Å². The second kappa shape index (κ2) is 7.20. The van der Waals surface area contributed by atoms with Gasteiger partial charge in [0.25, 0.3) is 0 Å². The average Bonchev–Trinajstić information content (AvgIpc) is 3.05. The minimum Gasteiger partial charge on any atom is -0.393 e. The van der Waals surface area contributed by atoms with Crippen LogP contribution in [0.5, 0.6) is 0 Å². The third kappa shape index (κ3) is 3.02. The molecule has 0 aromatic carbocycles. The molecular formula is C29H50O4. The first-order valence-corrected chi connectivity index (χ1v) is 13.9. The molecule has 0 heterocycles. The summed E-state index contributed by atoms with van der Waals surface area (Å²) >= 11 is 0. The van der Waals surface area contributed by atoms with Crippen LogP contribution in [0.4, 0.5) is 0 Å². The van der Waals surface area contributed by atoms with Gasteiger partial charge in [0.2, 0.25) is 0 Å². The number of fused-ring (bicyclic) bond motifs is 7. The summed E-state index contributed by atoms with van der Waals surface area (Å²) < 4.78 is 0. The van der Waals surface area contributed by atoms with E-state index in [0.29, 0.717) is 23.7 Å². The van der Waals surface area contributed by atoms with E-state index in [0.717, 1.165) is 51.4 Å². The van der Waals surface area contributed by atoms with Crippen LogP contribution < -0.4 is 0 Å². The topological polar surface area (TPSA) is 80.9 Å². The molecule has 4 heteroatoms. The van der Waals surface area contributed by atoms with Crippen molar-refractivity contribution in [2.45, 2.75) is 124 Å². The molecule has 4 N–H and O–H groups in total. The summed E-state index contributed by atoms with van der Waals surface area (Å²) in [6.45, 7) is 15.5. The van der Waals surface area contributed by atoms with Gasteiger partial charge in [-0.05, 0) is 117 Å². The van der Waals surface area contributed by atoms with Crippen LogP contribution in [-0.4, -0.2) is 44.3 Å². The summed E-state index contributed by atoms with van der Waals surface area (Å²) in [5, 5.41) is 45.4. The van der Waals surface area contributed by atoms with Gasteiger partial charge >= 0.3 is 0 Å². The molecule has 0 spiro atoms. The number of hydrogen-bond acceptors (Lipinski definition) is 4. The van der Waals surface area contributed by atoms with Crippen molar-refractivity contribution in [2.24, 2.45) is 57.2 Å². The molecule has 0 unspecified atom stereocenters. The first-order chi connectivity index (χ1) is 15.1. The molecular weight excluding hydrogens is 412 g/mol. The summed E-state index contributed by atoms with van der Waals surface area (Å²) in [6, 6.07) is 0. The Hall–Kier alpha value is -0.160. The molecule has 5 aliphatic carbocycles. The highest BCUT2D eigenvalue weighted by Crippen LogP contribution is 2.74. The van der Waals surface area contributed by atoms with Gasteiger partial charge in [-0.3, -0.25) is 0 Å². The van der Waals surface area contributed by atoms with E-state index in [1.54, 1.807) is 0 Å². The average molecular weight is 463 g/mol. The maximum absolute atomic E-state index is 11.9. The van der Waals surface area contributed by atoms with Crippen LogP contribution in [-0.2, 0) is 0 Å². The lowest BCUT2D eigenvalue weighted by Gasteiger charge is -2.70. The summed E-state index contributed by atoms with van der Waals surface area (Å²) in [5.41, 5.74) is -0.986. The van der Waals surface area contributed by atoms with Crippen molar-refractivity contribution in [3.63, 3.8) is 0 Å². The Balaban J connectivity index is 1.54. The normalized spacial score (nSPS) is 58.1.